The summed E-state index contributed by atoms with van der Waals surface area (Å²) in [5, 5.41) is 3.94. The fourth-order valence-electron chi connectivity index (χ4n) is 1.61. The topological polar surface area (TPSA) is 33.3 Å². The molecule has 3 nitrogen and oxygen atoms in total. The molecular formula is C11H15ClN2O. The van der Waals surface area contributed by atoms with E-state index in [2.05, 4.69) is 10.8 Å². The monoisotopic (exact) mass is 226 g/mol. The van der Waals surface area contributed by atoms with Gasteiger partial charge in [0.05, 0.1) is 5.02 Å². The Kier molecular flexibility index (Phi) is 3.83. The van der Waals surface area contributed by atoms with Crippen LogP contribution in [0.1, 0.15) is 12.8 Å². The minimum atomic E-state index is 0.419. The van der Waals surface area contributed by atoms with Crippen LogP contribution in [0.4, 0.5) is 0 Å². The molecule has 1 aliphatic rings. The van der Waals surface area contributed by atoms with Gasteiger partial charge in [-0.25, -0.2) is 0 Å². The summed E-state index contributed by atoms with van der Waals surface area (Å²) in [7, 11) is 0. The van der Waals surface area contributed by atoms with E-state index in [1.807, 2.05) is 24.3 Å². The summed E-state index contributed by atoms with van der Waals surface area (Å²) >= 11 is 5.96. The number of hydrogen-bond acceptors (Lipinski definition) is 3. The third-order valence-corrected chi connectivity index (χ3v) is 2.82. The van der Waals surface area contributed by atoms with Crippen LogP contribution in [-0.2, 0) is 0 Å². The number of benzene rings is 1. The quantitative estimate of drug-likeness (QED) is 0.774. The molecule has 4 heteroatoms. The van der Waals surface area contributed by atoms with Gasteiger partial charge in [0.15, 0.2) is 5.75 Å². The molecule has 1 aromatic rings. The van der Waals surface area contributed by atoms with Crippen molar-refractivity contribution < 1.29 is 4.84 Å². The zero-order chi connectivity index (χ0) is 10.5. The molecule has 0 bridgehead atoms. The zero-order valence-corrected chi connectivity index (χ0v) is 9.26. The molecule has 0 aliphatic carbocycles. The van der Waals surface area contributed by atoms with Crippen molar-refractivity contribution in [2.24, 2.45) is 0 Å². The van der Waals surface area contributed by atoms with Crippen molar-refractivity contribution in [3.8, 4) is 5.75 Å². The van der Waals surface area contributed by atoms with Crippen LogP contribution in [0.25, 0.3) is 0 Å². The fraction of sp³-hybridized carbons (Fsp3) is 0.455. The lowest BCUT2D eigenvalue weighted by Crippen LogP contribution is -2.41. The smallest absolute Gasteiger partial charge is 0.165 e. The highest BCUT2D eigenvalue weighted by atomic mass is 35.5. The molecule has 15 heavy (non-hydrogen) atoms. The molecule has 1 aliphatic heterocycles. The maximum absolute atomic E-state index is 5.96. The number of para-hydroxylation sites is 1. The largest absolute Gasteiger partial charge is 0.407 e. The Morgan fingerprint density at radius 3 is 2.73 bits per heavy atom. The van der Waals surface area contributed by atoms with Gasteiger partial charge in [0.25, 0.3) is 0 Å². The van der Waals surface area contributed by atoms with Gasteiger partial charge in [-0.15, -0.1) is 0 Å². The van der Waals surface area contributed by atoms with Crippen LogP contribution in [0.3, 0.4) is 0 Å². The Hall–Kier alpha value is -0.770. The first-order valence-corrected chi connectivity index (χ1v) is 5.61. The lowest BCUT2D eigenvalue weighted by atomic mass is 10.1. The summed E-state index contributed by atoms with van der Waals surface area (Å²) in [6, 6.07) is 7.89. The highest BCUT2D eigenvalue weighted by molar-refractivity contribution is 6.32. The van der Waals surface area contributed by atoms with E-state index in [4.69, 9.17) is 16.4 Å². The van der Waals surface area contributed by atoms with Crippen molar-refractivity contribution in [2.75, 3.05) is 13.1 Å². The third-order valence-electron chi connectivity index (χ3n) is 2.51. The normalized spacial score (nSPS) is 17.7. The molecular weight excluding hydrogens is 212 g/mol. The van der Waals surface area contributed by atoms with Gasteiger partial charge in [-0.2, -0.15) is 5.48 Å². The summed E-state index contributed by atoms with van der Waals surface area (Å²) in [6.07, 6.45) is 2.18. The second-order valence-corrected chi connectivity index (χ2v) is 4.08. The molecule has 0 amide bonds. The molecule has 0 radical (unpaired) electrons. The van der Waals surface area contributed by atoms with Gasteiger partial charge in [-0.3, -0.25) is 0 Å². The Morgan fingerprint density at radius 1 is 1.27 bits per heavy atom. The van der Waals surface area contributed by atoms with E-state index >= 15 is 0 Å². The number of hydroxylamine groups is 1. The first kappa shape index (κ1) is 10.7. The molecule has 0 saturated carbocycles. The average molecular weight is 227 g/mol. The number of rotatable bonds is 3. The Bertz CT molecular complexity index is 313. The van der Waals surface area contributed by atoms with Crippen LogP contribution >= 0.6 is 11.6 Å². The molecule has 2 rings (SSSR count). The van der Waals surface area contributed by atoms with Crippen molar-refractivity contribution in [1.29, 1.82) is 0 Å². The van der Waals surface area contributed by atoms with Gasteiger partial charge in [-0.05, 0) is 38.1 Å². The van der Waals surface area contributed by atoms with Crippen LogP contribution in [-0.4, -0.2) is 19.1 Å². The Labute approximate surface area is 94.7 Å². The standard InChI is InChI=1S/C11H15ClN2O/c12-10-3-1-2-4-11(10)15-14-9-5-7-13-8-6-9/h1-4,9,13-14H,5-8H2. The van der Waals surface area contributed by atoms with E-state index in [1.54, 1.807) is 0 Å². The summed E-state index contributed by atoms with van der Waals surface area (Å²) in [6.45, 7) is 2.09. The van der Waals surface area contributed by atoms with Crippen molar-refractivity contribution in [2.45, 2.75) is 18.9 Å². The molecule has 0 spiro atoms. The lowest BCUT2D eigenvalue weighted by Gasteiger charge is -2.23. The van der Waals surface area contributed by atoms with Gasteiger partial charge in [0, 0.05) is 6.04 Å². The number of halogens is 1. The highest BCUT2D eigenvalue weighted by Gasteiger charge is 2.13. The molecule has 1 saturated heterocycles. The predicted molar refractivity (Wildman–Crippen MR) is 61.1 cm³/mol. The molecule has 0 atom stereocenters. The maximum Gasteiger partial charge on any atom is 0.165 e. The molecule has 1 heterocycles. The van der Waals surface area contributed by atoms with Crippen LogP contribution in [0.15, 0.2) is 24.3 Å². The van der Waals surface area contributed by atoms with Crippen LogP contribution in [0.2, 0.25) is 5.02 Å². The summed E-state index contributed by atoms with van der Waals surface area (Å²) < 4.78 is 0. The number of hydrogen-bond donors (Lipinski definition) is 2. The molecule has 82 valence electrons. The maximum atomic E-state index is 5.96. The average Bonchev–Trinajstić information content (AvgIpc) is 2.29. The van der Waals surface area contributed by atoms with E-state index in [9.17, 15) is 0 Å². The van der Waals surface area contributed by atoms with Gasteiger partial charge in [-0.1, -0.05) is 23.7 Å². The molecule has 0 aromatic heterocycles. The Morgan fingerprint density at radius 2 is 2.00 bits per heavy atom. The van der Waals surface area contributed by atoms with Gasteiger partial charge < -0.3 is 10.2 Å². The van der Waals surface area contributed by atoms with E-state index in [0.29, 0.717) is 16.8 Å². The number of piperidine rings is 1. The third kappa shape index (κ3) is 3.09. The van der Waals surface area contributed by atoms with Gasteiger partial charge in [0.1, 0.15) is 0 Å². The van der Waals surface area contributed by atoms with E-state index < -0.39 is 0 Å². The lowest BCUT2D eigenvalue weighted by molar-refractivity contribution is 0.137. The van der Waals surface area contributed by atoms with Crippen LogP contribution in [0.5, 0.6) is 5.75 Å². The number of nitrogens with one attached hydrogen (secondary N) is 2. The first-order valence-electron chi connectivity index (χ1n) is 5.24. The second-order valence-electron chi connectivity index (χ2n) is 3.67. The van der Waals surface area contributed by atoms with Crippen molar-refractivity contribution in [1.82, 2.24) is 10.8 Å². The molecule has 0 unspecified atom stereocenters. The van der Waals surface area contributed by atoms with Crippen LogP contribution in [0, 0.1) is 0 Å². The van der Waals surface area contributed by atoms with Crippen molar-refractivity contribution in [3.05, 3.63) is 29.3 Å². The summed E-state index contributed by atoms with van der Waals surface area (Å²) in [5.74, 6) is 0.692. The molecule has 1 fully saturated rings. The SMILES string of the molecule is Clc1ccccc1ONC1CCNCC1. The highest BCUT2D eigenvalue weighted by Crippen LogP contribution is 2.22. The van der Waals surface area contributed by atoms with Gasteiger partial charge >= 0.3 is 0 Å². The zero-order valence-electron chi connectivity index (χ0n) is 8.50. The predicted octanol–water partition coefficient (Wildman–Crippen LogP) is 1.98. The van der Waals surface area contributed by atoms with Crippen molar-refractivity contribution in [3.63, 3.8) is 0 Å². The minimum Gasteiger partial charge on any atom is -0.407 e. The van der Waals surface area contributed by atoms with Crippen molar-refractivity contribution >= 4 is 11.6 Å². The second kappa shape index (κ2) is 5.35. The van der Waals surface area contributed by atoms with E-state index in [1.165, 1.54) is 0 Å². The first-order chi connectivity index (χ1) is 7.36. The minimum absolute atomic E-state index is 0.419. The van der Waals surface area contributed by atoms with Gasteiger partial charge in [0.2, 0.25) is 0 Å². The van der Waals surface area contributed by atoms with E-state index in [-0.39, 0.29) is 0 Å². The summed E-state index contributed by atoms with van der Waals surface area (Å²) in [5.41, 5.74) is 3.05. The molecule has 2 N–H and O–H groups in total. The molecule has 1 aromatic carbocycles. The fourth-order valence-corrected chi connectivity index (χ4v) is 1.79. The summed E-state index contributed by atoms with van der Waals surface area (Å²) in [4.78, 5) is 5.47. The van der Waals surface area contributed by atoms with E-state index in [0.717, 1.165) is 25.9 Å². The van der Waals surface area contributed by atoms with Crippen LogP contribution < -0.4 is 15.6 Å². The Balaban J connectivity index is 1.84.